The number of benzene rings is 3. The number of hydrogen-bond acceptors (Lipinski definition) is 1. The second kappa shape index (κ2) is 11.3. The van der Waals surface area contributed by atoms with E-state index in [9.17, 15) is 13.9 Å². The first-order valence-electron chi connectivity index (χ1n) is 13.8. The zero-order chi connectivity index (χ0) is 26.8. The van der Waals surface area contributed by atoms with Gasteiger partial charge in [-0.3, -0.25) is 0 Å². The summed E-state index contributed by atoms with van der Waals surface area (Å²) < 4.78 is 58.4. The first-order valence-corrected chi connectivity index (χ1v) is 13.8. The Hall–Kier alpha value is -3.08. The third-order valence-corrected chi connectivity index (χ3v) is 8.70. The zero-order valence-electron chi connectivity index (χ0n) is 21.8. The van der Waals surface area contributed by atoms with Crippen LogP contribution in [0.2, 0.25) is 0 Å². The lowest BCUT2D eigenvalue weighted by Gasteiger charge is -2.35. The van der Waals surface area contributed by atoms with Crippen LogP contribution < -0.4 is 0 Å². The number of aromatic hydroxyl groups is 1. The maximum atomic E-state index is 15.2. The van der Waals surface area contributed by atoms with E-state index in [1.165, 1.54) is 56.7 Å². The molecule has 0 heterocycles. The highest BCUT2D eigenvalue weighted by molar-refractivity contribution is 5.74. The largest absolute Gasteiger partial charge is 0.505 e. The SMILES string of the molecule is CCCC1CCC(C2CC=C(c3ccc(-c4ccc(-c5ccc(O)c(F)c5F)cc4)c(F)c3F)CC2)CC1. The van der Waals surface area contributed by atoms with Gasteiger partial charge in [0.15, 0.2) is 23.2 Å². The molecule has 1 unspecified atom stereocenters. The lowest BCUT2D eigenvalue weighted by atomic mass is 9.70. The smallest absolute Gasteiger partial charge is 0.200 e. The van der Waals surface area contributed by atoms with Gasteiger partial charge in [-0.25, -0.2) is 13.2 Å². The van der Waals surface area contributed by atoms with Crippen LogP contribution >= 0.6 is 0 Å². The fourth-order valence-electron chi connectivity index (χ4n) is 6.50. The van der Waals surface area contributed by atoms with Gasteiger partial charge in [-0.15, -0.1) is 0 Å². The topological polar surface area (TPSA) is 20.2 Å². The minimum Gasteiger partial charge on any atom is -0.505 e. The predicted molar refractivity (Wildman–Crippen MR) is 144 cm³/mol. The van der Waals surface area contributed by atoms with Gasteiger partial charge in [0.25, 0.3) is 0 Å². The van der Waals surface area contributed by atoms with Crippen molar-refractivity contribution in [3.63, 3.8) is 0 Å². The van der Waals surface area contributed by atoms with Crippen molar-refractivity contribution < 1.29 is 22.7 Å². The summed E-state index contributed by atoms with van der Waals surface area (Å²) in [5.74, 6) is -2.73. The Morgan fingerprint density at radius 3 is 1.79 bits per heavy atom. The van der Waals surface area contributed by atoms with Crippen molar-refractivity contribution in [1.82, 2.24) is 0 Å². The van der Waals surface area contributed by atoms with Gasteiger partial charge in [0.2, 0.25) is 5.82 Å². The van der Waals surface area contributed by atoms with Crippen LogP contribution in [0.5, 0.6) is 5.75 Å². The Kier molecular flexibility index (Phi) is 7.92. The highest BCUT2D eigenvalue weighted by Gasteiger charge is 2.29. The molecule has 0 aromatic heterocycles. The highest BCUT2D eigenvalue weighted by Crippen LogP contribution is 2.43. The normalized spacial score (nSPS) is 21.8. The second-order valence-electron chi connectivity index (χ2n) is 11.0. The second-order valence-corrected chi connectivity index (χ2v) is 11.0. The van der Waals surface area contributed by atoms with E-state index in [0.717, 1.165) is 42.7 Å². The molecular formula is C33H34F4O. The van der Waals surface area contributed by atoms with Gasteiger partial charge >= 0.3 is 0 Å². The van der Waals surface area contributed by atoms with Crippen molar-refractivity contribution >= 4 is 5.57 Å². The molecule has 5 rings (SSSR count). The molecule has 200 valence electrons. The van der Waals surface area contributed by atoms with Gasteiger partial charge in [0.1, 0.15) is 0 Å². The van der Waals surface area contributed by atoms with Crippen LogP contribution in [0.15, 0.2) is 54.6 Å². The van der Waals surface area contributed by atoms with E-state index in [0.29, 0.717) is 22.6 Å². The van der Waals surface area contributed by atoms with E-state index in [1.54, 1.807) is 24.3 Å². The van der Waals surface area contributed by atoms with Crippen molar-refractivity contribution in [2.75, 3.05) is 0 Å². The van der Waals surface area contributed by atoms with E-state index in [1.807, 2.05) is 0 Å². The molecule has 0 saturated heterocycles. The van der Waals surface area contributed by atoms with Crippen LogP contribution in [0.4, 0.5) is 17.6 Å². The summed E-state index contributed by atoms with van der Waals surface area (Å²) in [6.07, 6.45) is 12.7. The van der Waals surface area contributed by atoms with Crippen LogP contribution in [0.3, 0.4) is 0 Å². The van der Waals surface area contributed by atoms with Gasteiger partial charge in [-0.2, -0.15) is 4.39 Å². The lowest BCUT2D eigenvalue weighted by Crippen LogP contribution is -2.23. The Morgan fingerprint density at radius 2 is 1.21 bits per heavy atom. The maximum Gasteiger partial charge on any atom is 0.200 e. The molecule has 0 radical (unpaired) electrons. The molecule has 1 atom stereocenters. The first-order chi connectivity index (χ1) is 18.4. The third kappa shape index (κ3) is 5.25. The van der Waals surface area contributed by atoms with E-state index in [-0.39, 0.29) is 11.1 Å². The predicted octanol–water partition coefficient (Wildman–Crippen LogP) is 10.1. The van der Waals surface area contributed by atoms with Gasteiger partial charge in [-0.05, 0) is 78.7 Å². The number of phenols is 1. The first kappa shape index (κ1) is 26.5. The van der Waals surface area contributed by atoms with Gasteiger partial charge in [-0.1, -0.05) is 75.1 Å². The molecule has 3 aromatic carbocycles. The van der Waals surface area contributed by atoms with Crippen LogP contribution in [-0.4, -0.2) is 5.11 Å². The fourth-order valence-corrected chi connectivity index (χ4v) is 6.50. The Morgan fingerprint density at radius 1 is 0.658 bits per heavy atom. The van der Waals surface area contributed by atoms with Crippen molar-refractivity contribution in [2.24, 2.45) is 17.8 Å². The van der Waals surface area contributed by atoms with E-state index < -0.39 is 29.0 Å². The molecule has 5 heteroatoms. The number of halogens is 4. The van der Waals surface area contributed by atoms with Crippen molar-refractivity contribution in [2.45, 2.75) is 64.7 Å². The molecule has 0 aliphatic heterocycles. The van der Waals surface area contributed by atoms with Gasteiger partial charge in [0.05, 0.1) is 0 Å². The van der Waals surface area contributed by atoms with Crippen LogP contribution in [0.1, 0.15) is 70.3 Å². The maximum absolute atomic E-state index is 15.2. The summed E-state index contributed by atoms with van der Waals surface area (Å²) in [5, 5.41) is 9.34. The molecule has 1 saturated carbocycles. The van der Waals surface area contributed by atoms with Crippen LogP contribution in [0, 0.1) is 41.0 Å². The molecule has 38 heavy (non-hydrogen) atoms. The monoisotopic (exact) mass is 522 g/mol. The Bertz CT molecular complexity index is 1320. The van der Waals surface area contributed by atoms with Gasteiger partial charge < -0.3 is 5.11 Å². The van der Waals surface area contributed by atoms with Gasteiger partial charge in [0, 0.05) is 16.7 Å². The molecule has 1 nitrogen and oxygen atoms in total. The molecule has 1 N–H and O–H groups in total. The molecule has 1 fully saturated rings. The number of phenolic OH excluding ortho intramolecular Hbond substituents is 1. The average molecular weight is 523 g/mol. The third-order valence-electron chi connectivity index (χ3n) is 8.70. The standard InChI is InChI=1S/C33H34F4O/c1-2-3-20-4-6-21(7-5-20)22-8-10-23(11-9-22)26-16-17-27(31(35)30(26)34)24-12-14-25(15-13-24)28-18-19-29(38)33(37)32(28)36/h10,12-22,38H,2-9,11H2,1H3. The molecule has 0 amide bonds. The van der Waals surface area contributed by atoms with E-state index in [4.69, 9.17) is 0 Å². The number of rotatable bonds is 6. The number of allylic oxidation sites excluding steroid dienone is 2. The summed E-state index contributed by atoms with van der Waals surface area (Å²) in [5.41, 5.74) is 2.11. The fraction of sp³-hybridized carbons (Fsp3) is 0.394. The van der Waals surface area contributed by atoms with Crippen molar-refractivity contribution in [3.05, 3.63) is 83.4 Å². The summed E-state index contributed by atoms with van der Waals surface area (Å²) in [6, 6.07) is 11.7. The summed E-state index contributed by atoms with van der Waals surface area (Å²) in [6.45, 7) is 2.26. The summed E-state index contributed by atoms with van der Waals surface area (Å²) in [4.78, 5) is 0. The zero-order valence-corrected chi connectivity index (χ0v) is 21.8. The molecular weight excluding hydrogens is 488 g/mol. The number of hydrogen-bond donors (Lipinski definition) is 1. The van der Waals surface area contributed by atoms with Crippen molar-refractivity contribution in [3.8, 4) is 28.0 Å². The molecule has 2 aliphatic rings. The van der Waals surface area contributed by atoms with E-state index >= 15 is 8.78 Å². The lowest BCUT2D eigenvalue weighted by molar-refractivity contribution is 0.189. The molecule has 0 bridgehead atoms. The van der Waals surface area contributed by atoms with Crippen molar-refractivity contribution in [1.29, 1.82) is 0 Å². The van der Waals surface area contributed by atoms with E-state index in [2.05, 4.69) is 13.0 Å². The molecule has 2 aliphatic carbocycles. The highest BCUT2D eigenvalue weighted by atomic mass is 19.2. The molecule has 0 spiro atoms. The minimum atomic E-state index is -1.32. The average Bonchev–Trinajstić information content (AvgIpc) is 2.94. The quantitative estimate of drug-likeness (QED) is 0.319. The van der Waals surface area contributed by atoms with Crippen LogP contribution in [0.25, 0.3) is 27.8 Å². The Balaban J connectivity index is 1.30. The summed E-state index contributed by atoms with van der Waals surface area (Å²) >= 11 is 0. The minimum absolute atomic E-state index is 0.0228. The van der Waals surface area contributed by atoms with Crippen LogP contribution in [-0.2, 0) is 0 Å². The molecule has 3 aromatic rings. The Labute approximate surface area is 222 Å². The summed E-state index contributed by atoms with van der Waals surface area (Å²) in [7, 11) is 0.